The summed E-state index contributed by atoms with van der Waals surface area (Å²) in [6.45, 7) is 2.22. The van der Waals surface area contributed by atoms with E-state index in [4.69, 9.17) is 11.6 Å². The number of aryl methyl sites for hydroxylation is 2. The van der Waals surface area contributed by atoms with E-state index in [0.29, 0.717) is 17.8 Å². The predicted molar refractivity (Wildman–Crippen MR) is 109 cm³/mol. The summed E-state index contributed by atoms with van der Waals surface area (Å²) in [5.74, 6) is -0.341. The molecule has 1 amide bonds. The number of carbonyl (C=O) groups excluding carboxylic acids is 1. The van der Waals surface area contributed by atoms with E-state index in [1.54, 1.807) is 54.5 Å². The fraction of sp³-hybridized carbons (Fsp3) is 0.158. The molecule has 0 aliphatic rings. The zero-order chi connectivity index (χ0) is 20.3. The molecule has 9 heteroatoms. The van der Waals surface area contributed by atoms with Crippen molar-refractivity contribution in [3.8, 4) is 0 Å². The van der Waals surface area contributed by atoms with Crippen molar-refractivity contribution in [3.63, 3.8) is 0 Å². The molecule has 1 aromatic heterocycles. The molecule has 0 bridgehead atoms. The van der Waals surface area contributed by atoms with E-state index in [0.717, 1.165) is 15.4 Å². The Bertz CT molecular complexity index is 1070. The van der Waals surface area contributed by atoms with Gasteiger partial charge in [0.25, 0.3) is 5.91 Å². The fourth-order valence-corrected chi connectivity index (χ4v) is 3.60. The van der Waals surface area contributed by atoms with Crippen molar-refractivity contribution in [2.24, 2.45) is 7.05 Å². The number of hydrogen-bond donors (Lipinski definition) is 2. The number of carbonyl (C=O) groups is 1. The Balaban J connectivity index is 1.88. The normalized spacial score (nSPS) is 10.9. The summed E-state index contributed by atoms with van der Waals surface area (Å²) < 4.78 is 26.6. The number of aromatic nitrogens is 2. The second kappa shape index (κ2) is 8.45. The van der Waals surface area contributed by atoms with Crippen LogP contribution in [-0.2, 0) is 24.5 Å². The highest BCUT2D eigenvalue weighted by Crippen LogP contribution is 2.33. The minimum atomic E-state index is -3.01. The van der Waals surface area contributed by atoms with Crippen molar-refractivity contribution >= 4 is 39.8 Å². The predicted octanol–water partition coefficient (Wildman–Crippen LogP) is 2.98. The van der Waals surface area contributed by atoms with Crippen LogP contribution < -0.4 is 9.62 Å². The van der Waals surface area contributed by atoms with Crippen LogP contribution in [-0.4, -0.2) is 24.1 Å². The monoisotopic (exact) mass is 418 g/mol. The first-order chi connectivity index (χ1) is 13.3. The molecule has 0 fully saturated rings. The second-order valence-electron chi connectivity index (χ2n) is 6.26. The highest BCUT2D eigenvalue weighted by molar-refractivity contribution is 7.74. The van der Waals surface area contributed by atoms with E-state index in [2.05, 4.69) is 10.4 Å². The van der Waals surface area contributed by atoms with Gasteiger partial charge in [-0.15, -0.1) is 0 Å². The molecule has 0 aliphatic carbocycles. The number of benzene rings is 2. The van der Waals surface area contributed by atoms with Gasteiger partial charge in [0.2, 0.25) is 10.9 Å². The summed E-state index contributed by atoms with van der Waals surface area (Å²) in [4.78, 5) is 12.5. The van der Waals surface area contributed by atoms with Crippen LogP contribution in [0.2, 0.25) is 5.02 Å². The van der Waals surface area contributed by atoms with Gasteiger partial charge in [-0.25, -0.2) is 12.7 Å². The minimum absolute atomic E-state index is 0.218. The van der Waals surface area contributed by atoms with Crippen LogP contribution in [0.25, 0.3) is 0 Å². The van der Waals surface area contributed by atoms with Crippen LogP contribution in [0.3, 0.4) is 0 Å². The van der Waals surface area contributed by atoms with Gasteiger partial charge in [-0.05, 0) is 37.3 Å². The number of rotatable bonds is 6. The third-order valence-corrected chi connectivity index (χ3v) is 5.18. The molecule has 1 N–H and O–H groups in total. The Morgan fingerprint density at radius 3 is 2.54 bits per heavy atom. The number of thiol groups is 1. The summed E-state index contributed by atoms with van der Waals surface area (Å²) >= 11 is 6.24. The van der Waals surface area contributed by atoms with Crippen molar-refractivity contribution in [1.29, 1.82) is 0 Å². The first kappa shape index (κ1) is 19.9. The zero-order valence-electron chi connectivity index (χ0n) is 15.3. The molecule has 146 valence electrons. The van der Waals surface area contributed by atoms with Crippen molar-refractivity contribution < 1.29 is 13.2 Å². The third kappa shape index (κ3) is 4.52. The molecular weight excluding hydrogens is 400 g/mol. The number of nitrogens with zero attached hydrogens (tertiary/aromatic N) is 3. The maximum absolute atomic E-state index is 12.5. The van der Waals surface area contributed by atoms with Crippen molar-refractivity contribution in [1.82, 2.24) is 15.1 Å². The first-order valence-electron chi connectivity index (χ1n) is 8.41. The molecule has 7 nitrogen and oxygen atoms in total. The molecule has 0 saturated carbocycles. The minimum Gasteiger partial charge on any atom is -0.348 e. The lowest BCUT2D eigenvalue weighted by Crippen LogP contribution is -2.23. The lowest BCUT2D eigenvalue weighted by Gasteiger charge is -2.20. The molecule has 0 spiro atoms. The van der Waals surface area contributed by atoms with Crippen LogP contribution in [0.5, 0.6) is 0 Å². The lowest BCUT2D eigenvalue weighted by molar-refractivity contribution is 0.0951. The Morgan fingerprint density at radius 1 is 1.21 bits per heavy atom. The number of nitrogens with one attached hydrogen (secondary N) is 1. The van der Waals surface area contributed by atoms with E-state index in [-0.39, 0.29) is 16.6 Å². The Kier molecular flexibility index (Phi) is 6.01. The first-order valence-corrected chi connectivity index (χ1v) is 9.92. The Hall–Kier alpha value is -2.84. The van der Waals surface area contributed by atoms with E-state index < -0.39 is 10.9 Å². The lowest BCUT2D eigenvalue weighted by atomic mass is 10.1. The van der Waals surface area contributed by atoms with Gasteiger partial charge in [-0.1, -0.05) is 29.3 Å². The standard InChI is InChI=1S/C19H19ClN4O3S/c1-13-3-6-16(7-4-13)24(28(26)27)18-9-15(5-8-17(18)20)19(25)21-10-14-11-22-23(2)12-14/h3-9,11-12,28H,10H2,1-2H3,(H,21,25). The van der Waals surface area contributed by atoms with Crippen molar-refractivity contribution in [2.45, 2.75) is 13.5 Å². The van der Waals surface area contributed by atoms with Crippen LogP contribution in [0.4, 0.5) is 11.4 Å². The maximum atomic E-state index is 12.5. The van der Waals surface area contributed by atoms with Gasteiger partial charge in [-0.3, -0.25) is 9.48 Å². The van der Waals surface area contributed by atoms with Gasteiger partial charge in [0, 0.05) is 30.9 Å². The van der Waals surface area contributed by atoms with E-state index in [1.165, 1.54) is 12.1 Å². The molecule has 3 rings (SSSR count). The molecule has 3 aromatic rings. The highest BCUT2D eigenvalue weighted by Gasteiger charge is 2.18. The molecule has 0 atom stereocenters. The summed E-state index contributed by atoms with van der Waals surface area (Å²) in [5.41, 5.74) is 2.82. The van der Waals surface area contributed by atoms with E-state index >= 15 is 0 Å². The second-order valence-corrected chi connectivity index (χ2v) is 7.54. The maximum Gasteiger partial charge on any atom is 0.251 e. The van der Waals surface area contributed by atoms with Gasteiger partial charge in [0.15, 0.2) is 0 Å². The molecule has 0 aliphatic heterocycles. The number of amides is 1. The number of anilines is 2. The molecule has 2 aromatic carbocycles. The summed E-state index contributed by atoms with van der Waals surface area (Å²) in [6, 6.07) is 11.5. The summed E-state index contributed by atoms with van der Waals surface area (Å²) in [7, 11) is -1.22. The molecule has 1 heterocycles. The topological polar surface area (TPSA) is 84.3 Å². The molecule has 28 heavy (non-hydrogen) atoms. The van der Waals surface area contributed by atoms with Gasteiger partial charge < -0.3 is 5.32 Å². The average Bonchev–Trinajstić information content (AvgIpc) is 3.08. The van der Waals surface area contributed by atoms with E-state index in [1.807, 2.05) is 6.92 Å². The molecule has 0 unspecified atom stereocenters. The highest BCUT2D eigenvalue weighted by atomic mass is 35.5. The average molecular weight is 419 g/mol. The number of halogens is 1. The quantitative estimate of drug-likeness (QED) is 0.603. The van der Waals surface area contributed by atoms with Gasteiger partial charge in [-0.2, -0.15) is 5.10 Å². The fourth-order valence-electron chi connectivity index (χ4n) is 2.67. The summed E-state index contributed by atoms with van der Waals surface area (Å²) in [5, 5.41) is 7.06. The van der Waals surface area contributed by atoms with Crippen LogP contribution in [0, 0.1) is 6.92 Å². The van der Waals surface area contributed by atoms with Crippen LogP contribution in [0.1, 0.15) is 21.5 Å². The van der Waals surface area contributed by atoms with Gasteiger partial charge >= 0.3 is 0 Å². The smallest absolute Gasteiger partial charge is 0.251 e. The third-order valence-electron chi connectivity index (χ3n) is 4.09. The van der Waals surface area contributed by atoms with Crippen LogP contribution >= 0.6 is 11.6 Å². The SMILES string of the molecule is Cc1ccc(N(c2cc(C(=O)NCc3cnn(C)c3)ccc2Cl)[SH](=O)=O)cc1. The number of hydrogen-bond acceptors (Lipinski definition) is 4. The summed E-state index contributed by atoms with van der Waals surface area (Å²) in [6.07, 6.45) is 3.46. The van der Waals surface area contributed by atoms with Crippen molar-refractivity contribution in [3.05, 3.63) is 76.6 Å². The molecule has 0 radical (unpaired) electrons. The van der Waals surface area contributed by atoms with E-state index in [9.17, 15) is 13.2 Å². The molecule has 0 saturated heterocycles. The Morgan fingerprint density at radius 2 is 1.93 bits per heavy atom. The van der Waals surface area contributed by atoms with Gasteiger partial charge in [0.05, 0.1) is 22.6 Å². The molecular formula is C19H19ClN4O3S. The van der Waals surface area contributed by atoms with Crippen molar-refractivity contribution in [2.75, 3.05) is 4.31 Å². The Labute approximate surface area is 169 Å². The largest absolute Gasteiger partial charge is 0.348 e. The van der Waals surface area contributed by atoms with Crippen LogP contribution in [0.15, 0.2) is 54.9 Å². The zero-order valence-corrected chi connectivity index (χ0v) is 16.9. The van der Waals surface area contributed by atoms with Gasteiger partial charge in [0.1, 0.15) is 0 Å².